The Morgan fingerprint density at radius 2 is 1.94 bits per heavy atom. The van der Waals surface area contributed by atoms with E-state index in [1.54, 1.807) is 0 Å². The van der Waals surface area contributed by atoms with Crippen molar-refractivity contribution in [2.75, 3.05) is 39.0 Å². The number of likely N-dealkylation sites (tertiary alicyclic amines) is 1. The summed E-state index contributed by atoms with van der Waals surface area (Å²) in [6.07, 6.45) is 7.11. The van der Waals surface area contributed by atoms with Crippen molar-refractivity contribution < 1.29 is 0 Å². The fourth-order valence-corrected chi connectivity index (χ4v) is 3.96. The molecule has 2 nitrogen and oxygen atoms in total. The second kappa shape index (κ2) is 6.87. The van der Waals surface area contributed by atoms with Gasteiger partial charge in [-0.15, -0.1) is 0 Å². The Labute approximate surface area is 105 Å². The SMILES string of the molecule is CN1CCC(CNCC2CCCCS2)CC1. The third-order valence-electron chi connectivity index (χ3n) is 3.92. The maximum Gasteiger partial charge on any atom is 0.0172 e. The third kappa shape index (κ3) is 4.27. The van der Waals surface area contributed by atoms with E-state index >= 15 is 0 Å². The molecule has 0 aromatic heterocycles. The Hall–Kier alpha value is 0.270. The molecule has 0 aromatic rings. The van der Waals surface area contributed by atoms with E-state index in [-0.39, 0.29) is 0 Å². The summed E-state index contributed by atoms with van der Waals surface area (Å²) in [7, 11) is 2.24. The van der Waals surface area contributed by atoms with Gasteiger partial charge in [-0.1, -0.05) is 6.42 Å². The molecule has 2 heterocycles. The zero-order chi connectivity index (χ0) is 11.2. The van der Waals surface area contributed by atoms with Gasteiger partial charge in [0.25, 0.3) is 0 Å². The number of nitrogens with one attached hydrogen (secondary N) is 1. The van der Waals surface area contributed by atoms with Gasteiger partial charge in [0.05, 0.1) is 0 Å². The predicted molar refractivity (Wildman–Crippen MR) is 73.2 cm³/mol. The summed E-state index contributed by atoms with van der Waals surface area (Å²) in [6, 6.07) is 0. The molecular weight excluding hydrogens is 216 g/mol. The van der Waals surface area contributed by atoms with Crippen LogP contribution in [0.1, 0.15) is 32.1 Å². The first-order valence-corrected chi connectivity index (χ1v) is 7.90. The van der Waals surface area contributed by atoms with E-state index in [9.17, 15) is 0 Å². The fourth-order valence-electron chi connectivity index (χ4n) is 2.68. The van der Waals surface area contributed by atoms with Crippen molar-refractivity contribution in [2.24, 2.45) is 5.92 Å². The van der Waals surface area contributed by atoms with Crippen molar-refractivity contribution in [3.63, 3.8) is 0 Å². The van der Waals surface area contributed by atoms with Crippen LogP contribution in [0.25, 0.3) is 0 Å². The maximum atomic E-state index is 3.70. The lowest BCUT2D eigenvalue weighted by Crippen LogP contribution is -2.37. The van der Waals surface area contributed by atoms with Gasteiger partial charge in [-0.2, -0.15) is 11.8 Å². The molecule has 1 unspecified atom stereocenters. The average Bonchev–Trinajstić information content (AvgIpc) is 2.33. The molecule has 2 fully saturated rings. The maximum absolute atomic E-state index is 3.70. The molecule has 0 radical (unpaired) electrons. The molecule has 0 aliphatic carbocycles. The summed E-state index contributed by atoms with van der Waals surface area (Å²) in [4.78, 5) is 2.45. The summed E-state index contributed by atoms with van der Waals surface area (Å²) in [6.45, 7) is 5.09. The summed E-state index contributed by atoms with van der Waals surface area (Å²) >= 11 is 2.18. The first kappa shape index (κ1) is 12.7. The third-order valence-corrected chi connectivity index (χ3v) is 5.32. The standard InChI is InChI=1S/C13H26N2S/c1-15-7-5-12(6-8-15)10-14-11-13-4-2-3-9-16-13/h12-14H,2-11H2,1H3. The molecule has 1 N–H and O–H groups in total. The van der Waals surface area contributed by atoms with Crippen molar-refractivity contribution in [2.45, 2.75) is 37.4 Å². The lowest BCUT2D eigenvalue weighted by molar-refractivity contribution is 0.216. The number of rotatable bonds is 4. The lowest BCUT2D eigenvalue weighted by Gasteiger charge is -2.30. The minimum absolute atomic E-state index is 0.903. The first-order valence-electron chi connectivity index (χ1n) is 6.85. The van der Waals surface area contributed by atoms with E-state index in [0.29, 0.717) is 0 Å². The van der Waals surface area contributed by atoms with Crippen LogP contribution in [-0.2, 0) is 0 Å². The van der Waals surface area contributed by atoms with Gasteiger partial charge in [0, 0.05) is 11.8 Å². The minimum Gasteiger partial charge on any atom is -0.315 e. The van der Waals surface area contributed by atoms with Crippen LogP contribution in [0.2, 0.25) is 0 Å². The van der Waals surface area contributed by atoms with Gasteiger partial charge in [-0.05, 0) is 64.0 Å². The number of thioether (sulfide) groups is 1. The van der Waals surface area contributed by atoms with Crippen molar-refractivity contribution >= 4 is 11.8 Å². The van der Waals surface area contributed by atoms with Crippen LogP contribution < -0.4 is 5.32 Å². The van der Waals surface area contributed by atoms with Crippen LogP contribution in [-0.4, -0.2) is 49.1 Å². The predicted octanol–water partition coefficient (Wildman–Crippen LogP) is 2.20. The van der Waals surface area contributed by atoms with Gasteiger partial charge < -0.3 is 10.2 Å². The molecule has 2 aliphatic rings. The highest BCUT2D eigenvalue weighted by molar-refractivity contribution is 7.99. The molecule has 2 saturated heterocycles. The van der Waals surface area contributed by atoms with Gasteiger partial charge in [0.2, 0.25) is 0 Å². The van der Waals surface area contributed by atoms with E-state index in [0.717, 1.165) is 11.2 Å². The first-order chi connectivity index (χ1) is 7.84. The fraction of sp³-hybridized carbons (Fsp3) is 1.00. The van der Waals surface area contributed by atoms with Crippen molar-refractivity contribution in [3.8, 4) is 0 Å². The van der Waals surface area contributed by atoms with Gasteiger partial charge in [-0.3, -0.25) is 0 Å². The Morgan fingerprint density at radius 1 is 1.12 bits per heavy atom. The van der Waals surface area contributed by atoms with Gasteiger partial charge in [-0.25, -0.2) is 0 Å². The molecule has 16 heavy (non-hydrogen) atoms. The molecule has 0 amide bonds. The topological polar surface area (TPSA) is 15.3 Å². The normalized spacial score (nSPS) is 29.4. The highest BCUT2D eigenvalue weighted by Crippen LogP contribution is 2.24. The Morgan fingerprint density at radius 3 is 2.62 bits per heavy atom. The van der Waals surface area contributed by atoms with Crippen LogP contribution >= 0.6 is 11.8 Å². The zero-order valence-corrected chi connectivity index (χ0v) is 11.4. The summed E-state index contributed by atoms with van der Waals surface area (Å²) in [5, 5.41) is 4.60. The zero-order valence-electron chi connectivity index (χ0n) is 10.6. The summed E-state index contributed by atoms with van der Waals surface area (Å²) in [5.74, 6) is 2.32. The highest BCUT2D eigenvalue weighted by atomic mass is 32.2. The van der Waals surface area contributed by atoms with Crippen LogP contribution in [0.3, 0.4) is 0 Å². The Balaban J connectivity index is 1.53. The Kier molecular flexibility index (Phi) is 5.46. The van der Waals surface area contributed by atoms with E-state index in [2.05, 4.69) is 29.0 Å². The molecule has 2 aliphatic heterocycles. The molecule has 94 valence electrons. The molecular formula is C13H26N2S. The van der Waals surface area contributed by atoms with E-state index in [1.807, 2.05) is 0 Å². The number of nitrogens with zero attached hydrogens (tertiary/aromatic N) is 1. The second-order valence-electron chi connectivity index (χ2n) is 5.39. The summed E-state index contributed by atoms with van der Waals surface area (Å²) in [5.41, 5.74) is 0. The minimum atomic E-state index is 0.903. The van der Waals surface area contributed by atoms with E-state index < -0.39 is 0 Å². The molecule has 2 rings (SSSR count). The van der Waals surface area contributed by atoms with Crippen molar-refractivity contribution in [3.05, 3.63) is 0 Å². The number of piperidine rings is 1. The molecule has 1 atom stereocenters. The second-order valence-corrected chi connectivity index (χ2v) is 6.80. The Bertz CT molecular complexity index is 184. The van der Waals surface area contributed by atoms with Gasteiger partial charge in [0.15, 0.2) is 0 Å². The molecule has 0 saturated carbocycles. The van der Waals surface area contributed by atoms with Gasteiger partial charge >= 0.3 is 0 Å². The quantitative estimate of drug-likeness (QED) is 0.814. The number of hydrogen-bond donors (Lipinski definition) is 1. The smallest absolute Gasteiger partial charge is 0.0172 e. The largest absolute Gasteiger partial charge is 0.315 e. The monoisotopic (exact) mass is 242 g/mol. The van der Waals surface area contributed by atoms with Crippen molar-refractivity contribution in [1.82, 2.24) is 10.2 Å². The van der Waals surface area contributed by atoms with Crippen LogP contribution in [0.15, 0.2) is 0 Å². The highest BCUT2D eigenvalue weighted by Gasteiger charge is 2.17. The molecule has 3 heteroatoms. The van der Waals surface area contributed by atoms with Crippen molar-refractivity contribution in [1.29, 1.82) is 0 Å². The lowest BCUT2D eigenvalue weighted by atomic mass is 9.97. The molecule has 0 spiro atoms. The van der Waals surface area contributed by atoms with E-state index in [1.165, 1.54) is 64.0 Å². The number of hydrogen-bond acceptors (Lipinski definition) is 3. The van der Waals surface area contributed by atoms with Crippen LogP contribution in [0.5, 0.6) is 0 Å². The molecule has 0 bridgehead atoms. The molecule has 0 aromatic carbocycles. The summed E-state index contributed by atoms with van der Waals surface area (Å²) < 4.78 is 0. The van der Waals surface area contributed by atoms with Crippen LogP contribution in [0.4, 0.5) is 0 Å². The van der Waals surface area contributed by atoms with E-state index in [4.69, 9.17) is 0 Å². The van der Waals surface area contributed by atoms with Crippen LogP contribution in [0, 0.1) is 5.92 Å². The van der Waals surface area contributed by atoms with Gasteiger partial charge in [0.1, 0.15) is 0 Å². The average molecular weight is 242 g/mol.